The number of aryl methyl sites for hydroxylation is 6. The lowest BCUT2D eigenvalue weighted by molar-refractivity contribution is -0.159. The van der Waals surface area contributed by atoms with Crippen LogP contribution in [0.4, 0.5) is 0 Å². The summed E-state index contributed by atoms with van der Waals surface area (Å²) in [4.78, 5) is 42.7. The van der Waals surface area contributed by atoms with E-state index in [1.54, 1.807) is 73.8 Å². The van der Waals surface area contributed by atoms with Gasteiger partial charge in [0, 0.05) is 62.6 Å². The molecule has 6 aliphatic rings. The Morgan fingerprint density at radius 3 is 0.845 bits per heavy atom. The van der Waals surface area contributed by atoms with Crippen LogP contribution >= 0.6 is 0 Å². The molecule has 15 rings (SSSR count). The molecule has 9 aromatic rings. The average Bonchev–Trinajstić information content (AvgIpc) is 1.51. The van der Waals surface area contributed by atoms with Crippen LogP contribution in [0.1, 0.15) is 101 Å². The minimum Gasteiger partial charge on any atom is -0.497 e. The maximum Gasteiger partial charge on any atom is 0.310 e. The minimum absolute atomic E-state index is 0.267. The van der Waals surface area contributed by atoms with Crippen LogP contribution in [0, 0.1) is 59.3 Å². The van der Waals surface area contributed by atoms with E-state index in [9.17, 15) is 50.1 Å². The minimum atomic E-state index is -1.99. The van der Waals surface area contributed by atoms with Gasteiger partial charge in [0.1, 0.15) is 52.8 Å². The van der Waals surface area contributed by atoms with Gasteiger partial charge in [-0.1, -0.05) is 146 Å². The van der Waals surface area contributed by atoms with Crippen LogP contribution in [-0.2, 0) is 48.0 Å². The number of ether oxygens (including phenoxy) is 6. The molecule has 3 aliphatic heterocycles. The van der Waals surface area contributed by atoms with Crippen molar-refractivity contribution in [1.29, 1.82) is 0 Å². The van der Waals surface area contributed by atoms with Gasteiger partial charge in [-0.15, -0.1) is 0 Å². The van der Waals surface area contributed by atoms with Gasteiger partial charge in [-0.2, -0.15) is 0 Å². The molecule has 18 nitrogen and oxygen atoms in total. The van der Waals surface area contributed by atoms with Crippen molar-refractivity contribution >= 4 is 17.8 Å². The zero-order valence-electron chi connectivity index (χ0n) is 59.9. The fourth-order valence-corrected chi connectivity index (χ4v) is 18.5. The first-order valence-electron chi connectivity index (χ1n) is 34.5. The SMILES string of the molecule is COc1ccc([C@@]23Oc4cc(C)cc(C)c4[C@]2(O)[C@H](O)[C@@H](C(=O)N(C)C)[C@@H]3c2ccccc2)cc1.COc1ccc([C@@]23Oc4cc(C)cc(C)c4[C@]2(O)[C@H](O)[C@@H](C(=O)O)[C@@H]3c2ccccc2)cc1.COc1ccc([C@@]23Oc4cc(C)cc(C)c4[C@]2(O)[C@H](O)[C@H](C(=O)N(C)C)[C@H]3c2ccccc2)cc1. The largest absolute Gasteiger partial charge is 0.497 e. The summed E-state index contributed by atoms with van der Waals surface area (Å²) in [6.07, 6.45) is -4.43. The quantitative estimate of drug-likeness (QED) is 0.0600. The van der Waals surface area contributed by atoms with E-state index in [-0.39, 0.29) is 11.8 Å². The Morgan fingerprint density at radius 1 is 0.369 bits per heavy atom. The van der Waals surface area contributed by atoms with Crippen LogP contribution in [0.5, 0.6) is 34.5 Å². The van der Waals surface area contributed by atoms with Gasteiger partial charge in [0.25, 0.3) is 0 Å². The summed E-state index contributed by atoms with van der Waals surface area (Å²) in [5.74, 6) is -3.66. The Morgan fingerprint density at radius 2 is 0.612 bits per heavy atom. The predicted octanol–water partition coefficient (Wildman–Crippen LogP) is 10.9. The van der Waals surface area contributed by atoms with Crippen LogP contribution in [0.15, 0.2) is 200 Å². The molecule has 9 aromatic carbocycles. The standard InChI is InChI=1S/2C29H31NO5.C27H26O6/c2*1-17-15-18(2)24-22(16-17)35-29(20-11-13-21(34-5)14-12-20)25(19-9-7-6-8-10-19)23(27(32)30(3)4)26(31)28(24,29)33;1-15-13-16(2)22-20(14-15)33-27(18-9-11-19(32-3)12-10-18)23(17-7-5-4-6-8-17)21(25(29)30)24(28)26(22,27)31/h2*6-16,23,25-26,31,33H,1-5H3;4-14,21,23-24,28,31H,1-3H3,(H,29,30)/t23-,25-,26+,28-,29-;23-,25-,26-,28+,29+;21-,23-,24+,26-,27-/m010/s1. The van der Waals surface area contributed by atoms with E-state index in [0.717, 1.165) is 44.5 Å². The fraction of sp³-hybridized carbons (Fsp3) is 0.329. The summed E-state index contributed by atoms with van der Waals surface area (Å²) in [7, 11) is 11.4. The van der Waals surface area contributed by atoms with Crippen molar-refractivity contribution < 1.29 is 78.6 Å². The highest BCUT2D eigenvalue weighted by Gasteiger charge is 2.81. The summed E-state index contributed by atoms with van der Waals surface area (Å²) < 4.78 is 36.3. The number of benzene rings is 9. The number of carbonyl (C=O) groups is 3. The summed E-state index contributed by atoms with van der Waals surface area (Å²) in [6, 6.07) is 61.3. The normalized spacial score (nSPS) is 29.1. The van der Waals surface area contributed by atoms with Gasteiger partial charge in [-0.3, -0.25) is 14.4 Å². The first kappa shape index (κ1) is 71.3. The smallest absolute Gasteiger partial charge is 0.310 e. The Bertz CT molecular complexity index is 4510. The van der Waals surface area contributed by atoms with Gasteiger partial charge in [-0.05, 0) is 163 Å². The fourth-order valence-electron chi connectivity index (χ4n) is 18.5. The van der Waals surface area contributed by atoms with Crippen molar-refractivity contribution in [1.82, 2.24) is 9.80 Å². The Kier molecular flexibility index (Phi) is 18.2. The van der Waals surface area contributed by atoms with E-state index in [1.165, 1.54) is 9.80 Å². The number of hydrogen-bond acceptors (Lipinski definition) is 15. The number of rotatable bonds is 12. The van der Waals surface area contributed by atoms with Crippen LogP contribution < -0.4 is 28.4 Å². The number of aliphatic carboxylic acids is 1. The maximum absolute atomic E-state index is 13.6. The molecule has 3 fully saturated rings. The number of carboxylic acid groups (broad SMARTS) is 1. The molecule has 0 spiro atoms. The topological polar surface area (TPSA) is 255 Å². The highest BCUT2D eigenvalue weighted by Crippen LogP contribution is 2.73. The van der Waals surface area contributed by atoms with Gasteiger partial charge in [0.05, 0.1) is 39.1 Å². The van der Waals surface area contributed by atoms with Gasteiger partial charge in [0.15, 0.2) is 33.6 Å². The van der Waals surface area contributed by atoms with Crippen molar-refractivity contribution in [2.45, 2.75) is 111 Å². The summed E-state index contributed by atoms with van der Waals surface area (Å²) in [6.45, 7) is 11.5. The third-order valence-corrected chi connectivity index (χ3v) is 22.5. The molecule has 103 heavy (non-hydrogen) atoms. The van der Waals surface area contributed by atoms with E-state index in [1.807, 2.05) is 217 Å². The lowest BCUT2D eigenvalue weighted by atomic mass is 9.70. The zero-order valence-corrected chi connectivity index (χ0v) is 59.9. The number of hydrogen-bond donors (Lipinski definition) is 7. The van der Waals surface area contributed by atoms with Crippen molar-refractivity contribution in [2.75, 3.05) is 49.5 Å². The molecule has 3 heterocycles. The molecule has 3 aliphatic carbocycles. The van der Waals surface area contributed by atoms with Crippen molar-refractivity contribution in [3.63, 3.8) is 0 Å². The number of carboxylic acids is 1. The Balaban J connectivity index is 0.000000138. The van der Waals surface area contributed by atoms with Gasteiger partial charge < -0.3 is 74.0 Å². The van der Waals surface area contributed by atoms with Gasteiger partial charge >= 0.3 is 5.97 Å². The molecular weight excluding hydrogens is 1300 g/mol. The third kappa shape index (κ3) is 10.4. The van der Waals surface area contributed by atoms with E-state index in [4.69, 9.17) is 28.4 Å². The molecular formula is C85H88N2O16. The molecule has 0 unspecified atom stereocenters. The molecule has 7 N–H and O–H groups in total. The summed E-state index contributed by atoms with van der Waals surface area (Å²) >= 11 is 0. The number of fused-ring (bicyclic) bond motifs is 9. The maximum atomic E-state index is 13.6. The molecule has 0 radical (unpaired) electrons. The lowest BCUT2D eigenvalue weighted by Gasteiger charge is -2.41. The van der Waals surface area contributed by atoms with Crippen molar-refractivity contribution in [3.05, 3.63) is 284 Å². The van der Waals surface area contributed by atoms with E-state index in [0.29, 0.717) is 73.4 Å². The first-order valence-corrected chi connectivity index (χ1v) is 34.5. The monoisotopic (exact) mass is 1390 g/mol. The summed E-state index contributed by atoms with van der Waals surface area (Å²) in [5, 5.41) is 83.5. The second kappa shape index (κ2) is 26.3. The summed E-state index contributed by atoms with van der Waals surface area (Å²) in [5.41, 5.74) is 0.741. The number of aliphatic hydroxyl groups excluding tert-OH is 3. The second-order valence-corrected chi connectivity index (χ2v) is 28.7. The van der Waals surface area contributed by atoms with Crippen LogP contribution in [-0.4, -0.2) is 131 Å². The van der Waals surface area contributed by atoms with Crippen LogP contribution in [0.25, 0.3) is 0 Å². The van der Waals surface area contributed by atoms with Gasteiger partial charge in [0.2, 0.25) is 11.8 Å². The van der Waals surface area contributed by atoms with E-state index < -0.39 is 93.4 Å². The predicted molar refractivity (Wildman–Crippen MR) is 386 cm³/mol. The third-order valence-electron chi connectivity index (χ3n) is 22.5. The van der Waals surface area contributed by atoms with Crippen molar-refractivity contribution in [3.8, 4) is 34.5 Å². The number of carbonyl (C=O) groups excluding carboxylic acids is 2. The molecule has 3 saturated carbocycles. The number of methoxy groups -OCH3 is 3. The van der Waals surface area contributed by atoms with Crippen molar-refractivity contribution in [2.24, 2.45) is 17.8 Å². The Labute approximate surface area is 599 Å². The van der Waals surface area contributed by atoms with Gasteiger partial charge in [-0.25, -0.2) is 0 Å². The molecule has 534 valence electrons. The highest BCUT2D eigenvalue weighted by atomic mass is 16.6. The highest BCUT2D eigenvalue weighted by molar-refractivity contribution is 5.84. The Hall–Kier alpha value is -10.1. The van der Waals surface area contributed by atoms with E-state index in [2.05, 4.69) is 0 Å². The number of aliphatic hydroxyl groups is 6. The lowest BCUT2D eigenvalue weighted by Crippen LogP contribution is -2.52. The molecule has 0 bridgehead atoms. The molecule has 18 heteroatoms. The van der Waals surface area contributed by atoms with Crippen LogP contribution in [0.2, 0.25) is 0 Å². The average molecular weight is 1390 g/mol. The second-order valence-electron chi connectivity index (χ2n) is 28.7. The molecule has 2 amide bonds. The molecule has 15 atom stereocenters. The number of amides is 2. The number of nitrogens with zero attached hydrogens (tertiary/aromatic N) is 2. The zero-order chi connectivity index (χ0) is 73.8. The van der Waals surface area contributed by atoms with E-state index >= 15 is 0 Å². The first-order chi connectivity index (χ1) is 49.1. The molecule has 0 saturated heterocycles. The molecule has 0 aromatic heterocycles. The van der Waals surface area contributed by atoms with Crippen LogP contribution in [0.3, 0.4) is 0 Å².